The lowest BCUT2D eigenvalue weighted by atomic mass is 9.87. The van der Waals surface area contributed by atoms with E-state index < -0.39 is 17.9 Å². The number of benzene rings is 3. The molecule has 3 aromatic rings. The van der Waals surface area contributed by atoms with Gasteiger partial charge in [0.2, 0.25) is 0 Å². The molecule has 208 valence electrons. The Balaban J connectivity index is 1.90. The molecule has 0 amide bonds. The quantitative estimate of drug-likeness (QED) is 0.162. The molecule has 6 nitrogen and oxygen atoms in total. The van der Waals surface area contributed by atoms with Gasteiger partial charge in [-0.25, -0.2) is 0 Å². The molecule has 0 bridgehead atoms. The molecule has 3 aromatic carbocycles. The molecule has 6 heteroatoms. The standard InChI is InChI=1S/C34H37NO5/c1-6-39-33(36)29(34(37)40-7-2)21-31(38-5)28-20-27-10-8-9-11-30(27)35(22-25-16-12-23(3)13-17-25)32(28)26-18-14-24(4)15-19-26/h8-21,29,32H,6-7,22H2,1-5H3/b31-21-. The molecule has 0 spiro atoms. The van der Waals surface area contributed by atoms with Crippen LogP contribution in [-0.4, -0.2) is 32.3 Å². The molecule has 0 N–H and O–H groups in total. The molecular weight excluding hydrogens is 502 g/mol. The van der Waals surface area contributed by atoms with Gasteiger partial charge in [0.15, 0.2) is 5.92 Å². The molecule has 1 unspecified atom stereocenters. The highest BCUT2D eigenvalue weighted by molar-refractivity contribution is 5.97. The van der Waals surface area contributed by atoms with Crippen LogP contribution in [0.5, 0.6) is 0 Å². The second kappa shape index (κ2) is 13.2. The van der Waals surface area contributed by atoms with Gasteiger partial charge in [-0.15, -0.1) is 0 Å². The molecule has 0 radical (unpaired) electrons. The van der Waals surface area contributed by atoms with Crippen molar-refractivity contribution in [3.8, 4) is 0 Å². The van der Waals surface area contributed by atoms with E-state index in [2.05, 4.69) is 85.5 Å². The summed E-state index contributed by atoms with van der Waals surface area (Å²) in [6.45, 7) is 8.49. The van der Waals surface area contributed by atoms with Gasteiger partial charge in [0, 0.05) is 17.8 Å². The average molecular weight is 540 g/mol. The highest BCUT2D eigenvalue weighted by Gasteiger charge is 2.35. The van der Waals surface area contributed by atoms with Gasteiger partial charge >= 0.3 is 11.9 Å². The lowest BCUT2D eigenvalue weighted by molar-refractivity contribution is -0.159. The molecule has 0 aliphatic carbocycles. The first-order chi connectivity index (χ1) is 19.4. The van der Waals surface area contributed by atoms with E-state index in [1.807, 2.05) is 12.1 Å². The van der Waals surface area contributed by atoms with E-state index in [4.69, 9.17) is 14.2 Å². The number of anilines is 1. The van der Waals surface area contributed by atoms with Crippen molar-refractivity contribution in [3.05, 3.63) is 118 Å². The molecule has 4 rings (SSSR count). The Labute approximate surface area is 236 Å². The summed E-state index contributed by atoms with van der Waals surface area (Å²) in [6.07, 6.45) is 3.61. The zero-order valence-electron chi connectivity index (χ0n) is 23.8. The summed E-state index contributed by atoms with van der Waals surface area (Å²) in [5.74, 6) is -2.18. The highest BCUT2D eigenvalue weighted by Crippen LogP contribution is 2.44. The molecule has 1 atom stereocenters. The Morgan fingerprint density at radius 3 is 2.00 bits per heavy atom. The van der Waals surface area contributed by atoms with Gasteiger partial charge in [-0.3, -0.25) is 9.59 Å². The van der Waals surface area contributed by atoms with Crippen LogP contribution in [0.3, 0.4) is 0 Å². The Hall–Kier alpha value is -4.32. The second-order valence-corrected chi connectivity index (χ2v) is 9.80. The molecule has 1 heterocycles. The first-order valence-electron chi connectivity index (χ1n) is 13.6. The Bertz CT molecular complexity index is 1370. The van der Waals surface area contributed by atoms with Gasteiger partial charge in [-0.05, 0) is 62.6 Å². The van der Waals surface area contributed by atoms with Crippen molar-refractivity contribution in [2.75, 3.05) is 25.2 Å². The van der Waals surface area contributed by atoms with E-state index in [9.17, 15) is 9.59 Å². The third-order valence-corrected chi connectivity index (χ3v) is 6.93. The van der Waals surface area contributed by atoms with Crippen LogP contribution in [0.25, 0.3) is 6.08 Å². The maximum Gasteiger partial charge on any atom is 0.324 e. The van der Waals surface area contributed by atoms with Gasteiger partial charge in [-0.2, -0.15) is 0 Å². The molecule has 1 aliphatic rings. The van der Waals surface area contributed by atoms with E-state index in [0.29, 0.717) is 12.3 Å². The zero-order valence-corrected chi connectivity index (χ0v) is 23.8. The lowest BCUT2D eigenvalue weighted by Crippen LogP contribution is -2.34. The second-order valence-electron chi connectivity index (χ2n) is 9.80. The molecule has 40 heavy (non-hydrogen) atoms. The van der Waals surface area contributed by atoms with E-state index in [1.165, 1.54) is 11.6 Å². The summed E-state index contributed by atoms with van der Waals surface area (Å²) >= 11 is 0. The molecular formula is C34H37NO5. The van der Waals surface area contributed by atoms with E-state index in [1.54, 1.807) is 21.0 Å². The number of methoxy groups -OCH3 is 1. The third kappa shape index (κ3) is 6.45. The maximum atomic E-state index is 12.9. The summed E-state index contributed by atoms with van der Waals surface area (Å²) < 4.78 is 16.4. The first kappa shape index (κ1) is 28.7. The number of ether oxygens (including phenoxy) is 3. The van der Waals surface area contributed by atoms with Crippen molar-refractivity contribution < 1.29 is 23.8 Å². The highest BCUT2D eigenvalue weighted by atomic mass is 16.6. The number of rotatable bonds is 10. The average Bonchev–Trinajstić information content (AvgIpc) is 2.95. The number of carbonyl (C=O) groups is 2. The van der Waals surface area contributed by atoms with Crippen molar-refractivity contribution in [3.63, 3.8) is 0 Å². The number of fused-ring (bicyclic) bond motifs is 1. The van der Waals surface area contributed by atoms with Crippen LogP contribution < -0.4 is 4.90 Å². The predicted molar refractivity (Wildman–Crippen MR) is 158 cm³/mol. The minimum Gasteiger partial charge on any atom is -0.497 e. The van der Waals surface area contributed by atoms with Crippen molar-refractivity contribution in [2.45, 2.75) is 40.3 Å². The van der Waals surface area contributed by atoms with Crippen LogP contribution in [0.1, 0.15) is 47.7 Å². The monoisotopic (exact) mass is 539 g/mol. The van der Waals surface area contributed by atoms with Crippen molar-refractivity contribution in [1.29, 1.82) is 0 Å². The third-order valence-electron chi connectivity index (χ3n) is 6.93. The van der Waals surface area contributed by atoms with E-state index >= 15 is 0 Å². The topological polar surface area (TPSA) is 65.1 Å². The molecule has 0 saturated carbocycles. The van der Waals surface area contributed by atoms with Crippen LogP contribution in [-0.2, 0) is 30.3 Å². The van der Waals surface area contributed by atoms with Crippen LogP contribution in [0.2, 0.25) is 0 Å². The largest absolute Gasteiger partial charge is 0.497 e. The molecule has 0 aromatic heterocycles. The van der Waals surface area contributed by atoms with Crippen molar-refractivity contribution >= 4 is 23.7 Å². The number of nitrogens with zero attached hydrogens (tertiary/aromatic N) is 1. The summed E-state index contributed by atoms with van der Waals surface area (Å²) in [5, 5.41) is 0. The summed E-state index contributed by atoms with van der Waals surface area (Å²) in [7, 11) is 1.55. The zero-order chi connectivity index (χ0) is 28.6. The summed E-state index contributed by atoms with van der Waals surface area (Å²) in [5.41, 5.74) is 7.51. The fraction of sp³-hybridized carbons (Fsp3) is 0.294. The van der Waals surface area contributed by atoms with E-state index in [-0.39, 0.29) is 19.3 Å². The normalized spacial score (nSPS) is 14.8. The number of esters is 2. The van der Waals surface area contributed by atoms with Gasteiger partial charge in [0.1, 0.15) is 5.76 Å². The minimum absolute atomic E-state index is 0.150. The van der Waals surface area contributed by atoms with Gasteiger partial charge < -0.3 is 19.1 Å². The smallest absolute Gasteiger partial charge is 0.324 e. The number of carbonyl (C=O) groups excluding carboxylic acids is 2. The fourth-order valence-corrected chi connectivity index (χ4v) is 4.94. The van der Waals surface area contributed by atoms with E-state index in [0.717, 1.165) is 33.5 Å². The molecule has 0 saturated heterocycles. The van der Waals surface area contributed by atoms with Gasteiger partial charge in [0.05, 0.1) is 26.4 Å². The Morgan fingerprint density at radius 2 is 1.43 bits per heavy atom. The van der Waals surface area contributed by atoms with Crippen LogP contribution >= 0.6 is 0 Å². The van der Waals surface area contributed by atoms with Gasteiger partial charge in [-0.1, -0.05) is 77.9 Å². The molecule has 1 aliphatic heterocycles. The maximum absolute atomic E-state index is 12.9. The van der Waals surface area contributed by atoms with Crippen molar-refractivity contribution in [1.82, 2.24) is 0 Å². The Kier molecular flexibility index (Phi) is 9.43. The summed E-state index contributed by atoms with van der Waals surface area (Å²) in [4.78, 5) is 28.1. The molecule has 0 fully saturated rings. The fourth-order valence-electron chi connectivity index (χ4n) is 4.94. The minimum atomic E-state index is -1.25. The van der Waals surface area contributed by atoms with Crippen LogP contribution in [0, 0.1) is 19.8 Å². The van der Waals surface area contributed by atoms with Crippen molar-refractivity contribution in [2.24, 2.45) is 5.92 Å². The lowest BCUT2D eigenvalue weighted by Gasteiger charge is -2.40. The Morgan fingerprint density at radius 1 is 0.850 bits per heavy atom. The number of hydrogen-bond donors (Lipinski definition) is 0. The van der Waals surface area contributed by atoms with Crippen LogP contribution in [0.15, 0.2) is 90.2 Å². The number of aryl methyl sites for hydroxylation is 2. The first-order valence-corrected chi connectivity index (χ1v) is 13.6. The number of para-hydroxylation sites is 1. The SMILES string of the molecule is CCOC(=O)C(/C=C(\OC)C1=Cc2ccccc2N(Cc2ccc(C)cc2)C1c1ccc(C)cc1)C(=O)OCC. The summed E-state index contributed by atoms with van der Waals surface area (Å²) in [6, 6.07) is 24.9. The van der Waals surface area contributed by atoms with Crippen LogP contribution in [0.4, 0.5) is 5.69 Å². The predicted octanol–water partition coefficient (Wildman–Crippen LogP) is 6.72. The van der Waals surface area contributed by atoms with Gasteiger partial charge in [0.25, 0.3) is 0 Å². The number of hydrogen-bond acceptors (Lipinski definition) is 6.